The van der Waals surface area contributed by atoms with Crippen molar-refractivity contribution in [2.75, 3.05) is 20.8 Å². The van der Waals surface area contributed by atoms with Gasteiger partial charge in [-0.2, -0.15) is 8.42 Å². The van der Waals surface area contributed by atoms with Crippen LogP contribution in [0.4, 0.5) is 0 Å². The van der Waals surface area contributed by atoms with Crippen molar-refractivity contribution in [3.05, 3.63) is 53.1 Å². The van der Waals surface area contributed by atoms with Crippen LogP contribution in [0.3, 0.4) is 0 Å². The predicted octanol–water partition coefficient (Wildman–Crippen LogP) is 2.61. The summed E-state index contributed by atoms with van der Waals surface area (Å²) in [5.41, 5.74) is 0.654. The first kappa shape index (κ1) is 21.5. The van der Waals surface area contributed by atoms with E-state index in [0.717, 1.165) is 6.08 Å². The molecule has 0 radical (unpaired) electrons. The fourth-order valence-corrected chi connectivity index (χ4v) is 4.61. The molecule has 0 aromatic heterocycles. The summed E-state index contributed by atoms with van der Waals surface area (Å²) in [6, 6.07) is 7.41. The van der Waals surface area contributed by atoms with Gasteiger partial charge < -0.3 is 24.4 Å². The molecule has 0 fully saturated rings. The van der Waals surface area contributed by atoms with Gasteiger partial charge in [0.15, 0.2) is 11.5 Å². The van der Waals surface area contributed by atoms with Gasteiger partial charge in [0.2, 0.25) is 0 Å². The number of benzene rings is 2. The lowest BCUT2D eigenvalue weighted by Gasteiger charge is -2.32. The van der Waals surface area contributed by atoms with Gasteiger partial charge in [0.1, 0.15) is 16.7 Å². The molecule has 0 saturated carbocycles. The van der Waals surface area contributed by atoms with Crippen LogP contribution >= 0.6 is 0 Å². The van der Waals surface area contributed by atoms with E-state index in [9.17, 15) is 22.9 Å². The monoisotopic (exact) mass is 436 g/mol. The number of rotatable bonds is 6. The molecule has 0 aliphatic carbocycles. The van der Waals surface area contributed by atoms with Crippen LogP contribution in [0.25, 0.3) is 6.08 Å². The zero-order valence-electron chi connectivity index (χ0n) is 16.1. The number of phenols is 1. The molecular formula is C20H20O9S. The molecular weight excluding hydrogens is 416 g/mol. The minimum absolute atomic E-state index is 0.0167. The molecule has 160 valence electrons. The van der Waals surface area contributed by atoms with Crippen molar-refractivity contribution >= 4 is 22.2 Å². The van der Waals surface area contributed by atoms with Gasteiger partial charge in [0.25, 0.3) is 10.1 Å². The van der Waals surface area contributed by atoms with Gasteiger partial charge >= 0.3 is 5.97 Å². The third kappa shape index (κ3) is 4.19. The molecule has 1 heterocycles. The summed E-state index contributed by atoms with van der Waals surface area (Å²) in [7, 11) is -1.91. The number of phenolic OH excluding ortho intramolecular Hbond substituents is 1. The van der Waals surface area contributed by atoms with Crippen LogP contribution in [0, 0.1) is 0 Å². The van der Waals surface area contributed by atoms with Crippen molar-refractivity contribution < 1.29 is 42.2 Å². The second-order valence-electron chi connectivity index (χ2n) is 6.59. The fourth-order valence-electron chi connectivity index (χ4n) is 3.47. The number of carbonyl (C=O) groups is 1. The first-order chi connectivity index (χ1) is 14.2. The third-order valence-corrected chi connectivity index (χ3v) is 6.02. The summed E-state index contributed by atoms with van der Waals surface area (Å²) in [4.78, 5) is 10.9. The van der Waals surface area contributed by atoms with E-state index in [2.05, 4.69) is 0 Å². The minimum Gasteiger partial charge on any atom is -0.504 e. The number of methoxy groups -OCH3 is 2. The van der Waals surface area contributed by atoms with Crippen molar-refractivity contribution in [3.63, 3.8) is 0 Å². The van der Waals surface area contributed by atoms with Crippen molar-refractivity contribution in [2.24, 2.45) is 0 Å². The van der Waals surface area contributed by atoms with Crippen LogP contribution in [0.15, 0.2) is 36.4 Å². The molecule has 0 saturated heterocycles. The van der Waals surface area contributed by atoms with Crippen LogP contribution < -0.4 is 14.2 Å². The highest BCUT2D eigenvalue weighted by atomic mass is 32.2. The van der Waals surface area contributed by atoms with E-state index in [-0.39, 0.29) is 35.0 Å². The number of carboxylic acids is 1. The van der Waals surface area contributed by atoms with E-state index < -0.39 is 27.3 Å². The van der Waals surface area contributed by atoms with Gasteiger partial charge in [-0.3, -0.25) is 4.55 Å². The maximum Gasteiger partial charge on any atom is 0.328 e. The smallest absolute Gasteiger partial charge is 0.328 e. The third-order valence-electron chi connectivity index (χ3n) is 4.79. The summed E-state index contributed by atoms with van der Waals surface area (Å²) >= 11 is 0. The Balaban J connectivity index is 2.20. The maximum atomic E-state index is 12.4. The van der Waals surface area contributed by atoms with E-state index in [0.29, 0.717) is 11.3 Å². The molecule has 1 aliphatic rings. The van der Waals surface area contributed by atoms with Crippen molar-refractivity contribution in [1.82, 2.24) is 0 Å². The lowest BCUT2D eigenvalue weighted by molar-refractivity contribution is -0.131. The molecule has 2 aromatic rings. The average molecular weight is 436 g/mol. The summed E-state index contributed by atoms with van der Waals surface area (Å²) in [6.45, 7) is -0.160. The molecule has 0 bridgehead atoms. The number of aromatic hydroxyl groups is 1. The second-order valence-corrected chi connectivity index (χ2v) is 8.13. The maximum absolute atomic E-state index is 12.4. The molecule has 3 N–H and O–H groups in total. The summed E-state index contributed by atoms with van der Waals surface area (Å²) in [6.07, 6.45) is 2.17. The molecule has 0 amide bonds. The van der Waals surface area contributed by atoms with Crippen LogP contribution in [0.1, 0.15) is 27.9 Å². The molecule has 0 spiro atoms. The minimum atomic E-state index is -4.64. The van der Waals surface area contributed by atoms with Gasteiger partial charge in [-0.25, -0.2) is 4.79 Å². The van der Waals surface area contributed by atoms with E-state index in [4.69, 9.17) is 19.3 Å². The van der Waals surface area contributed by atoms with Gasteiger partial charge in [0, 0.05) is 23.1 Å². The summed E-state index contributed by atoms with van der Waals surface area (Å²) < 4.78 is 50.7. The zero-order valence-corrected chi connectivity index (χ0v) is 16.9. The van der Waals surface area contributed by atoms with Crippen molar-refractivity contribution in [3.8, 4) is 23.0 Å². The number of carboxylic acid groups (broad SMARTS) is 1. The number of hydrogen-bond donors (Lipinski definition) is 3. The summed E-state index contributed by atoms with van der Waals surface area (Å²) in [5.74, 6) is -1.87. The topological polar surface area (TPSA) is 140 Å². The van der Waals surface area contributed by atoms with Gasteiger partial charge in [-0.05, 0) is 42.0 Å². The number of aliphatic carboxylic acids is 1. The normalized spacial score (nSPS) is 18.5. The molecule has 3 rings (SSSR count). The highest BCUT2D eigenvalue weighted by Crippen LogP contribution is 2.49. The Bertz CT molecular complexity index is 1110. The standard InChI is InChI=1S/C20H20O9S/c1-27-12-4-5-16-14(9-12)20(30(24,25)26)15(10-29-16)13-7-11(3-6-18(21)22)8-17(28-2)19(13)23/h3-9,15,20,23H,10H2,1-2H3,(H,21,22)(H,24,25,26)/b6-3+/t15-,20+/m1/s1. The highest BCUT2D eigenvalue weighted by molar-refractivity contribution is 7.86. The van der Waals surface area contributed by atoms with Crippen LogP contribution in [-0.4, -0.2) is 50.0 Å². The van der Waals surface area contributed by atoms with Crippen molar-refractivity contribution in [1.29, 1.82) is 0 Å². The molecule has 0 unspecified atom stereocenters. The van der Waals surface area contributed by atoms with Gasteiger partial charge in [-0.1, -0.05) is 0 Å². The molecule has 30 heavy (non-hydrogen) atoms. The second kappa shape index (κ2) is 8.25. The number of fused-ring (bicyclic) bond motifs is 1. The Hall–Kier alpha value is -3.24. The Kier molecular flexibility index (Phi) is 5.90. The summed E-state index contributed by atoms with van der Waals surface area (Å²) in [5, 5.41) is 18.1. The lowest BCUT2D eigenvalue weighted by atomic mass is 9.87. The Morgan fingerprint density at radius 2 is 1.90 bits per heavy atom. The Labute approximate surface area is 172 Å². The lowest BCUT2D eigenvalue weighted by Crippen LogP contribution is -2.29. The molecule has 1 aliphatic heterocycles. The molecule has 2 aromatic carbocycles. The SMILES string of the molecule is COc1ccc2c(c1)[C@H](S(=O)(=O)O)[C@@H](c1cc(/C=C/C(=O)O)cc(OC)c1O)CO2. The molecule has 9 nitrogen and oxygen atoms in total. The number of hydrogen-bond acceptors (Lipinski definition) is 7. The average Bonchev–Trinajstić information content (AvgIpc) is 2.70. The first-order valence-electron chi connectivity index (χ1n) is 8.74. The van der Waals surface area contributed by atoms with Gasteiger partial charge in [0.05, 0.1) is 20.8 Å². The largest absolute Gasteiger partial charge is 0.504 e. The Morgan fingerprint density at radius 1 is 1.17 bits per heavy atom. The Morgan fingerprint density at radius 3 is 2.50 bits per heavy atom. The fraction of sp³-hybridized carbons (Fsp3) is 0.250. The van der Waals surface area contributed by atoms with E-state index in [1.165, 1.54) is 44.6 Å². The molecule has 2 atom stereocenters. The van der Waals surface area contributed by atoms with E-state index in [1.807, 2.05) is 0 Å². The molecule has 10 heteroatoms. The van der Waals surface area contributed by atoms with Gasteiger partial charge in [-0.15, -0.1) is 0 Å². The highest BCUT2D eigenvalue weighted by Gasteiger charge is 2.42. The van der Waals surface area contributed by atoms with E-state index >= 15 is 0 Å². The van der Waals surface area contributed by atoms with Crippen molar-refractivity contribution in [2.45, 2.75) is 11.2 Å². The van der Waals surface area contributed by atoms with Crippen LogP contribution in [0.2, 0.25) is 0 Å². The first-order valence-corrected chi connectivity index (χ1v) is 10.2. The predicted molar refractivity (Wildman–Crippen MR) is 107 cm³/mol. The van der Waals surface area contributed by atoms with Crippen LogP contribution in [-0.2, 0) is 14.9 Å². The zero-order chi connectivity index (χ0) is 22.1. The van der Waals surface area contributed by atoms with E-state index in [1.54, 1.807) is 6.07 Å². The number of ether oxygens (including phenoxy) is 3. The quantitative estimate of drug-likeness (QED) is 0.460. The van der Waals surface area contributed by atoms with Crippen LogP contribution in [0.5, 0.6) is 23.0 Å².